The van der Waals surface area contributed by atoms with Crippen LogP contribution in [-0.4, -0.2) is 0 Å². The van der Waals surface area contributed by atoms with E-state index in [0.29, 0.717) is 0 Å². The standard InChI is InChI=1S/C20H30/c1-2-8-14-13(7-1)19-15-9-3-5-11-17(15)20(14)18-12-6-4-10-16(18)19/h13-15,17,19-20H,1-12H2/t13-,14+,15+,17-,19?,20?. The maximum absolute atomic E-state index is 2.05. The van der Waals surface area contributed by atoms with Crippen molar-refractivity contribution in [3.63, 3.8) is 0 Å². The van der Waals surface area contributed by atoms with Crippen LogP contribution < -0.4 is 0 Å². The van der Waals surface area contributed by atoms with Crippen molar-refractivity contribution in [2.24, 2.45) is 35.5 Å². The summed E-state index contributed by atoms with van der Waals surface area (Å²) in [6.45, 7) is 0. The summed E-state index contributed by atoms with van der Waals surface area (Å²) in [5.74, 6) is 6.67. The van der Waals surface area contributed by atoms with Gasteiger partial charge in [0.2, 0.25) is 0 Å². The lowest BCUT2D eigenvalue weighted by Crippen LogP contribution is -2.54. The first-order valence-electron chi connectivity index (χ1n) is 9.67. The van der Waals surface area contributed by atoms with Crippen molar-refractivity contribution in [2.45, 2.75) is 77.0 Å². The molecule has 0 N–H and O–H groups in total. The molecule has 0 amide bonds. The van der Waals surface area contributed by atoms with Crippen LogP contribution >= 0.6 is 0 Å². The highest BCUT2D eigenvalue weighted by atomic mass is 14.6. The summed E-state index contributed by atoms with van der Waals surface area (Å²) >= 11 is 0. The summed E-state index contributed by atoms with van der Waals surface area (Å²) in [5, 5.41) is 0. The molecule has 0 aliphatic heterocycles. The smallest absolute Gasteiger partial charge is 0.0138 e. The van der Waals surface area contributed by atoms with Gasteiger partial charge in [-0.1, -0.05) is 36.8 Å². The first kappa shape index (κ1) is 12.3. The van der Waals surface area contributed by atoms with Crippen molar-refractivity contribution < 1.29 is 0 Å². The van der Waals surface area contributed by atoms with Crippen LogP contribution in [0.25, 0.3) is 0 Å². The summed E-state index contributed by atoms with van der Waals surface area (Å²) in [6.07, 6.45) is 18.6. The largest absolute Gasteiger partial charge is 0.0670 e. The van der Waals surface area contributed by atoms with Gasteiger partial charge >= 0.3 is 0 Å². The third-order valence-corrected chi connectivity index (χ3v) is 7.95. The Morgan fingerprint density at radius 1 is 0.450 bits per heavy atom. The van der Waals surface area contributed by atoms with Crippen molar-refractivity contribution in [1.82, 2.24) is 0 Å². The molecule has 6 aliphatic carbocycles. The first-order chi connectivity index (χ1) is 9.95. The molecule has 3 fully saturated rings. The van der Waals surface area contributed by atoms with E-state index in [1.54, 1.807) is 51.4 Å². The molecule has 2 unspecified atom stereocenters. The van der Waals surface area contributed by atoms with Gasteiger partial charge in [-0.2, -0.15) is 0 Å². The Bertz CT molecular complexity index is 367. The Labute approximate surface area is 124 Å². The Kier molecular flexibility index (Phi) is 2.84. The van der Waals surface area contributed by atoms with Crippen molar-refractivity contribution in [3.05, 3.63) is 11.1 Å². The minimum Gasteiger partial charge on any atom is -0.0670 e. The van der Waals surface area contributed by atoms with E-state index in [-0.39, 0.29) is 0 Å². The zero-order valence-corrected chi connectivity index (χ0v) is 12.9. The lowest BCUT2D eigenvalue weighted by atomic mass is 9.43. The van der Waals surface area contributed by atoms with Crippen LogP contribution in [0.2, 0.25) is 0 Å². The van der Waals surface area contributed by atoms with Gasteiger partial charge in [-0.15, -0.1) is 0 Å². The highest BCUT2D eigenvalue weighted by molar-refractivity contribution is 5.33. The summed E-state index contributed by atoms with van der Waals surface area (Å²) < 4.78 is 0. The highest BCUT2D eigenvalue weighted by Crippen LogP contribution is 2.65. The van der Waals surface area contributed by atoms with Crippen LogP contribution in [0.3, 0.4) is 0 Å². The molecule has 6 atom stereocenters. The Hall–Kier alpha value is -0.260. The second-order valence-electron chi connectivity index (χ2n) is 8.53. The molecule has 6 rings (SSSR count). The van der Waals surface area contributed by atoms with E-state index in [1.807, 2.05) is 11.1 Å². The van der Waals surface area contributed by atoms with Crippen molar-refractivity contribution in [3.8, 4) is 0 Å². The van der Waals surface area contributed by atoms with E-state index in [9.17, 15) is 0 Å². The van der Waals surface area contributed by atoms with Crippen LogP contribution in [0.1, 0.15) is 77.0 Å². The van der Waals surface area contributed by atoms with Crippen LogP contribution in [0.4, 0.5) is 0 Å². The quantitative estimate of drug-likeness (QED) is 0.493. The molecule has 0 saturated heterocycles. The van der Waals surface area contributed by atoms with Crippen LogP contribution in [0, 0.1) is 35.5 Å². The fraction of sp³-hybridized carbons (Fsp3) is 0.900. The third kappa shape index (κ3) is 1.54. The zero-order valence-electron chi connectivity index (χ0n) is 12.9. The number of hydrogen-bond donors (Lipinski definition) is 0. The Morgan fingerprint density at radius 3 is 1.15 bits per heavy atom. The molecular formula is C20H30. The third-order valence-electron chi connectivity index (χ3n) is 7.95. The predicted molar refractivity (Wildman–Crippen MR) is 83.4 cm³/mol. The molecule has 3 saturated carbocycles. The van der Waals surface area contributed by atoms with Crippen molar-refractivity contribution >= 4 is 0 Å². The Balaban J connectivity index is 1.63. The summed E-state index contributed by atoms with van der Waals surface area (Å²) in [6, 6.07) is 0. The lowest BCUT2D eigenvalue weighted by molar-refractivity contribution is -0.0557. The number of rotatable bonds is 0. The first-order valence-corrected chi connectivity index (χ1v) is 9.67. The second-order valence-corrected chi connectivity index (χ2v) is 8.53. The molecule has 6 aliphatic rings. The molecule has 0 aromatic rings. The molecule has 110 valence electrons. The average Bonchev–Trinajstić information content (AvgIpc) is 2.54. The predicted octanol–water partition coefficient (Wildman–Crippen LogP) is 5.73. The topological polar surface area (TPSA) is 0 Å². The summed E-state index contributed by atoms with van der Waals surface area (Å²) in [5.41, 5.74) is 4.10. The average molecular weight is 270 g/mol. The minimum absolute atomic E-state index is 1.07. The van der Waals surface area contributed by atoms with Crippen LogP contribution in [-0.2, 0) is 0 Å². The van der Waals surface area contributed by atoms with E-state index in [2.05, 4.69) is 0 Å². The highest BCUT2D eigenvalue weighted by Gasteiger charge is 2.57. The van der Waals surface area contributed by atoms with Gasteiger partial charge in [-0.3, -0.25) is 0 Å². The molecule has 0 aromatic heterocycles. The zero-order chi connectivity index (χ0) is 13.1. The molecule has 0 aromatic carbocycles. The molecular weight excluding hydrogens is 240 g/mol. The molecule has 20 heavy (non-hydrogen) atoms. The monoisotopic (exact) mass is 270 g/mol. The fourth-order valence-electron chi connectivity index (χ4n) is 7.54. The van der Waals surface area contributed by atoms with Gasteiger partial charge in [0.05, 0.1) is 0 Å². The number of hydrogen-bond acceptors (Lipinski definition) is 0. The van der Waals surface area contributed by atoms with Gasteiger partial charge in [-0.05, 0) is 86.9 Å². The summed E-state index contributed by atoms with van der Waals surface area (Å²) in [4.78, 5) is 0. The van der Waals surface area contributed by atoms with E-state index >= 15 is 0 Å². The van der Waals surface area contributed by atoms with E-state index < -0.39 is 0 Å². The summed E-state index contributed by atoms with van der Waals surface area (Å²) in [7, 11) is 0. The van der Waals surface area contributed by atoms with Crippen molar-refractivity contribution in [2.75, 3.05) is 0 Å². The van der Waals surface area contributed by atoms with Gasteiger partial charge < -0.3 is 0 Å². The van der Waals surface area contributed by atoms with Gasteiger partial charge in [0.1, 0.15) is 0 Å². The molecule has 0 radical (unpaired) electrons. The number of allylic oxidation sites excluding steroid dienone is 2. The van der Waals surface area contributed by atoms with Gasteiger partial charge in [0, 0.05) is 0 Å². The van der Waals surface area contributed by atoms with Crippen LogP contribution in [0.5, 0.6) is 0 Å². The van der Waals surface area contributed by atoms with Crippen LogP contribution in [0.15, 0.2) is 11.1 Å². The van der Waals surface area contributed by atoms with Gasteiger partial charge in [-0.25, -0.2) is 0 Å². The minimum atomic E-state index is 1.07. The van der Waals surface area contributed by atoms with E-state index in [0.717, 1.165) is 35.5 Å². The maximum Gasteiger partial charge on any atom is -0.0138 e. The second kappa shape index (κ2) is 4.62. The maximum atomic E-state index is 2.05. The van der Waals surface area contributed by atoms with Gasteiger partial charge in [0.25, 0.3) is 0 Å². The molecule has 2 bridgehead atoms. The Morgan fingerprint density at radius 2 is 0.800 bits per heavy atom. The van der Waals surface area contributed by atoms with E-state index in [1.165, 1.54) is 25.7 Å². The lowest BCUT2D eigenvalue weighted by Gasteiger charge is -2.62. The molecule has 0 spiro atoms. The van der Waals surface area contributed by atoms with Gasteiger partial charge in [0.15, 0.2) is 0 Å². The van der Waals surface area contributed by atoms with Crippen molar-refractivity contribution in [1.29, 1.82) is 0 Å². The molecule has 0 nitrogen and oxygen atoms in total. The fourth-order valence-corrected chi connectivity index (χ4v) is 7.54. The molecule has 0 heteroatoms. The molecule has 0 heterocycles. The SMILES string of the molecule is C1CCC2=C(C1)C1[C@H]3CCCC[C@H]3C2[C@H]2CCCC[C@@H]12. The van der Waals surface area contributed by atoms with E-state index in [4.69, 9.17) is 0 Å². The normalized spacial score (nSPS) is 50.4.